The Balaban J connectivity index is 1.84. The molecule has 1 aliphatic heterocycles. The predicted molar refractivity (Wildman–Crippen MR) is 92.8 cm³/mol. The zero-order valence-corrected chi connectivity index (χ0v) is 15.8. The number of imidazole rings is 1. The molecule has 2 aromatic heterocycles. The van der Waals surface area contributed by atoms with Gasteiger partial charge in [0.1, 0.15) is 18.9 Å². The van der Waals surface area contributed by atoms with Crippen LogP contribution >= 0.6 is 0 Å². The lowest BCUT2D eigenvalue weighted by Gasteiger charge is -2.30. The van der Waals surface area contributed by atoms with Crippen molar-refractivity contribution in [3.8, 4) is 12.3 Å². The topological polar surface area (TPSA) is 125 Å². The van der Waals surface area contributed by atoms with E-state index in [1.807, 2.05) is 0 Å². The van der Waals surface area contributed by atoms with Crippen molar-refractivity contribution in [1.29, 1.82) is 0 Å². The molecule has 0 radical (unpaired) electrons. The molecule has 3 N–H and O–H groups in total. The third-order valence-electron chi connectivity index (χ3n) is 4.92. The van der Waals surface area contributed by atoms with Crippen LogP contribution in [0.15, 0.2) is 6.33 Å². The van der Waals surface area contributed by atoms with E-state index in [-0.39, 0.29) is 23.4 Å². The van der Waals surface area contributed by atoms with Crippen LogP contribution in [-0.4, -0.2) is 55.1 Å². The van der Waals surface area contributed by atoms with E-state index in [1.165, 1.54) is 10.9 Å². The van der Waals surface area contributed by atoms with Crippen molar-refractivity contribution < 1.29 is 36.9 Å². The van der Waals surface area contributed by atoms with Gasteiger partial charge in [0, 0.05) is 6.42 Å². The minimum atomic E-state index is -4.86. The molecule has 0 saturated carbocycles. The van der Waals surface area contributed by atoms with Gasteiger partial charge in [-0.1, -0.05) is 5.92 Å². The van der Waals surface area contributed by atoms with Crippen LogP contribution in [0, 0.1) is 23.8 Å². The summed E-state index contributed by atoms with van der Waals surface area (Å²) in [6.45, 7) is 0.476. The molecule has 1 fully saturated rings. The van der Waals surface area contributed by atoms with Gasteiger partial charge in [-0.3, -0.25) is 9.36 Å². The van der Waals surface area contributed by atoms with E-state index in [0.717, 1.165) is 0 Å². The number of fused-ring (bicyclic) bond motifs is 1. The fourth-order valence-electron chi connectivity index (χ4n) is 2.81. The lowest BCUT2D eigenvalue weighted by Crippen LogP contribution is -2.47. The lowest BCUT2D eigenvalue weighted by molar-refractivity contribution is -0.228. The zero-order chi connectivity index (χ0) is 22.5. The van der Waals surface area contributed by atoms with Gasteiger partial charge in [0.25, 0.3) is 0 Å². The van der Waals surface area contributed by atoms with Crippen LogP contribution in [0.25, 0.3) is 11.2 Å². The Morgan fingerprint density at radius 1 is 1.50 bits per heavy atom. The summed E-state index contributed by atoms with van der Waals surface area (Å²) in [5.74, 6) is 0.335. The maximum atomic E-state index is 13.5. The highest BCUT2D eigenvalue weighted by molar-refractivity contribution is 5.81. The molecule has 13 heteroatoms. The van der Waals surface area contributed by atoms with Crippen LogP contribution in [0.5, 0.6) is 0 Å². The number of terminal acetylenes is 1. The number of alkyl halides is 3. The van der Waals surface area contributed by atoms with Crippen molar-refractivity contribution >= 4 is 23.0 Å². The maximum Gasteiger partial charge on any atom is 0.404 e. The van der Waals surface area contributed by atoms with E-state index < -0.39 is 48.2 Å². The molecular formula is C17H17F4N5O4. The molecule has 3 atom stereocenters. The highest BCUT2D eigenvalue weighted by Gasteiger charge is 2.56. The molecule has 0 amide bonds. The number of ether oxygens (including phenoxy) is 2. The first-order chi connectivity index (χ1) is 13.8. The number of carbonyl (C=O) groups excluding carboxylic acids is 1. The number of anilines is 1. The Morgan fingerprint density at radius 3 is 2.77 bits per heavy atom. The van der Waals surface area contributed by atoms with Gasteiger partial charge >= 0.3 is 18.2 Å². The summed E-state index contributed by atoms with van der Waals surface area (Å²) in [6, 6.07) is 0. The standard InChI is InChI=1S/C17H17F4N5O4/c1-4-16(6-29-13(28)15(2,3)17(19,20)21)8(27)5-9(30-16)26-7-23-10-11(22)24-14(18)25-12(10)26/h1,7-9,27H,5-6H2,2-3H3,(H2,22,24,25)/t8-,9+,16+/m0/s1. The second-order valence-electron chi connectivity index (χ2n) is 7.26. The number of hydrogen-bond donors (Lipinski definition) is 2. The molecule has 1 saturated heterocycles. The van der Waals surface area contributed by atoms with Crippen LogP contribution in [0.2, 0.25) is 0 Å². The van der Waals surface area contributed by atoms with Gasteiger partial charge in [-0.2, -0.15) is 27.5 Å². The van der Waals surface area contributed by atoms with Gasteiger partial charge in [0.15, 0.2) is 28.0 Å². The van der Waals surface area contributed by atoms with Gasteiger partial charge in [-0.25, -0.2) is 4.98 Å². The Kier molecular flexibility index (Phi) is 5.11. The third kappa shape index (κ3) is 3.41. The predicted octanol–water partition coefficient (Wildman–Crippen LogP) is 1.33. The van der Waals surface area contributed by atoms with Gasteiger partial charge < -0.3 is 20.3 Å². The van der Waals surface area contributed by atoms with Gasteiger partial charge in [0.2, 0.25) is 0 Å². The number of hydrogen-bond acceptors (Lipinski definition) is 8. The number of nitrogens with two attached hydrogens (primary N) is 1. The molecule has 0 unspecified atom stereocenters. The Bertz CT molecular complexity index is 1030. The number of halogens is 4. The average Bonchev–Trinajstić information content (AvgIpc) is 3.20. The molecule has 3 heterocycles. The summed E-state index contributed by atoms with van der Waals surface area (Å²) in [5.41, 5.74) is 0.899. The van der Waals surface area contributed by atoms with E-state index in [0.29, 0.717) is 13.8 Å². The number of aliphatic hydroxyl groups excluding tert-OH is 1. The maximum absolute atomic E-state index is 13.5. The fourth-order valence-corrected chi connectivity index (χ4v) is 2.81. The highest BCUT2D eigenvalue weighted by atomic mass is 19.4. The quantitative estimate of drug-likeness (QED) is 0.322. The molecule has 0 bridgehead atoms. The third-order valence-corrected chi connectivity index (χ3v) is 4.92. The van der Waals surface area contributed by atoms with Gasteiger partial charge in [-0.15, -0.1) is 6.42 Å². The SMILES string of the molecule is C#C[C@]1(COC(=O)C(C)(C)C(F)(F)F)O[C@@H](n2cnc3c(N)nc(F)nc32)C[C@@H]1O. The van der Waals surface area contributed by atoms with Crippen LogP contribution in [0.4, 0.5) is 23.4 Å². The van der Waals surface area contributed by atoms with Crippen LogP contribution < -0.4 is 5.73 Å². The first kappa shape index (κ1) is 21.7. The minimum Gasteiger partial charge on any atom is -0.461 e. The molecule has 1 aliphatic rings. The van der Waals surface area contributed by atoms with E-state index >= 15 is 0 Å². The summed E-state index contributed by atoms with van der Waals surface area (Å²) < 4.78 is 64.2. The van der Waals surface area contributed by atoms with Crippen LogP contribution in [0.1, 0.15) is 26.5 Å². The smallest absolute Gasteiger partial charge is 0.404 e. The van der Waals surface area contributed by atoms with Gasteiger partial charge in [0.05, 0.1) is 6.33 Å². The van der Waals surface area contributed by atoms with Crippen molar-refractivity contribution in [3.63, 3.8) is 0 Å². The van der Waals surface area contributed by atoms with E-state index in [4.69, 9.17) is 21.6 Å². The molecule has 30 heavy (non-hydrogen) atoms. The van der Waals surface area contributed by atoms with Crippen molar-refractivity contribution in [2.24, 2.45) is 5.41 Å². The number of rotatable bonds is 4. The molecule has 0 aliphatic carbocycles. The molecule has 0 aromatic carbocycles. The highest BCUT2D eigenvalue weighted by Crippen LogP contribution is 2.41. The lowest BCUT2D eigenvalue weighted by atomic mass is 9.92. The first-order valence-electron chi connectivity index (χ1n) is 8.55. The Hall–Kier alpha value is -2.98. The van der Waals surface area contributed by atoms with Crippen LogP contribution in [-0.2, 0) is 14.3 Å². The summed E-state index contributed by atoms with van der Waals surface area (Å²) in [5, 5.41) is 10.4. The molecule has 0 spiro atoms. The average molecular weight is 431 g/mol. The van der Waals surface area contributed by atoms with Crippen molar-refractivity contribution in [2.75, 3.05) is 12.3 Å². The van der Waals surface area contributed by atoms with Crippen molar-refractivity contribution in [1.82, 2.24) is 19.5 Å². The number of aliphatic hydroxyl groups is 1. The second-order valence-corrected chi connectivity index (χ2v) is 7.26. The molecule has 2 aromatic rings. The van der Waals surface area contributed by atoms with Gasteiger partial charge in [-0.05, 0) is 13.8 Å². The van der Waals surface area contributed by atoms with Crippen molar-refractivity contribution in [2.45, 2.75) is 44.4 Å². The zero-order valence-electron chi connectivity index (χ0n) is 15.8. The van der Waals surface area contributed by atoms with E-state index in [2.05, 4.69) is 20.9 Å². The largest absolute Gasteiger partial charge is 0.461 e. The fraction of sp³-hybridized carbons (Fsp3) is 0.529. The van der Waals surface area contributed by atoms with Crippen LogP contribution in [0.3, 0.4) is 0 Å². The number of nitrogens with zero attached hydrogens (tertiary/aromatic N) is 4. The summed E-state index contributed by atoms with van der Waals surface area (Å²) >= 11 is 0. The Morgan fingerprint density at radius 2 is 2.17 bits per heavy atom. The number of esters is 1. The number of carbonyl (C=O) groups is 1. The Labute approximate surface area is 167 Å². The normalized spacial score (nSPS) is 24.7. The molecule has 9 nitrogen and oxygen atoms in total. The van der Waals surface area contributed by atoms with E-state index in [9.17, 15) is 27.5 Å². The minimum absolute atomic E-state index is 0.0415. The summed E-state index contributed by atoms with van der Waals surface area (Å²) in [7, 11) is 0. The van der Waals surface area contributed by atoms with Crippen molar-refractivity contribution in [3.05, 3.63) is 12.4 Å². The second kappa shape index (κ2) is 7.06. The van der Waals surface area contributed by atoms with E-state index in [1.54, 1.807) is 0 Å². The summed E-state index contributed by atoms with van der Waals surface area (Å²) in [4.78, 5) is 22.9. The number of aromatic nitrogens is 4. The molecule has 3 rings (SSSR count). The first-order valence-corrected chi connectivity index (χ1v) is 8.55. The number of nitrogen functional groups attached to an aromatic ring is 1. The monoisotopic (exact) mass is 431 g/mol. The molecule has 162 valence electrons. The molecular weight excluding hydrogens is 414 g/mol. The summed E-state index contributed by atoms with van der Waals surface area (Å²) in [6.07, 6.45) is -1.96.